The summed E-state index contributed by atoms with van der Waals surface area (Å²) in [5, 5.41) is 1.60. The summed E-state index contributed by atoms with van der Waals surface area (Å²) in [4.78, 5) is 17.6. The van der Waals surface area contributed by atoms with E-state index >= 15 is 0 Å². The predicted molar refractivity (Wildman–Crippen MR) is 110 cm³/mol. The Bertz CT molecular complexity index is 1130. The van der Waals surface area contributed by atoms with Gasteiger partial charge in [-0.3, -0.25) is 9.97 Å². The summed E-state index contributed by atoms with van der Waals surface area (Å²) in [6, 6.07) is 14.2. The highest BCUT2D eigenvalue weighted by molar-refractivity contribution is 6.29. The van der Waals surface area contributed by atoms with Gasteiger partial charge in [-0.25, -0.2) is 4.98 Å². The fourth-order valence-corrected chi connectivity index (χ4v) is 3.65. The summed E-state index contributed by atoms with van der Waals surface area (Å²) in [6.45, 7) is 0.733. The number of hydrogen-bond donors (Lipinski definition) is 0. The Morgan fingerprint density at radius 1 is 0.963 bits per heavy atom. The Morgan fingerprint density at radius 2 is 1.89 bits per heavy atom. The summed E-state index contributed by atoms with van der Waals surface area (Å²) in [5.74, 6) is 0. The molecule has 0 fully saturated rings. The van der Waals surface area contributed by atoms with Crippen LogP contribution in [0.3, 0.4) is 0 Å². The molecule has 1 aromatic carbocycles. The largest absolute Gasteiger partial charge is 0.354 e. The third kappa shape index (κ3) is 2.67. The normalized spacial score (nSPS) is 13.3. The molecule has 0 atom stereocenters. The maximum Gasteiger partial charge on any atom is 0.129 e. The fraction of sp³-hybridized carbons (Fsp3) is 0.0952. The Morgan fingerprint density at radius 3 is 2.67 bits per heavy atom. The zero-order valence-electron chi connectivity index (χ0n) is 14.7. The van der Waals surface area contributed by atoms with Crippen molar-refractivity contribution in [2.75, 3.05) is 23.5 Å². The van der Waals surface area contributed by atoms with Gasteiger partial charge in [0.25, 0.3) is 0 Å². The van der Waals surface area contributed by atoms with Gasteiger partial charge in [0, 0.05) is 30.4 Å². The predicted octanol–water partition coefficient (Wildman–Crippen LogP) is 4.89. The van der Waals surface area contributed by atoms with Gasteiger partial charge in [-0.1, -0.05) is 23.7 Å². The van der Waals surface area contributed by atoms with E-state index in [1.807, 2.05) is 36.8 Å². The van der Waals surface area contributed by atoms with E-state index < -0.39 is 0 Å². The number of aromatic nitrogens is 3. The van der Waals surface area contributed by atoms with Gasteiger partial charge in [0.05, 0.1) is 41.6 Å². The number of hydrogen-bond acceptors (Lipinski definition) is 5. The lowest BCUT2D eigenvalue weighted by Crippen LogP contribution is -2.24. The average Bonchev–Trinajstić information content (AvgIpc) is 3.06. The van der Waals surface area contributed by atoms with E-state index in [0.717, 1.165) is 45.8 Å². The molecular weight excluding hydrogens is 358 g/mol. The zero-order valence-corrected chi connectivity index (χ0v) is 15.4. The minimum absolute atomic E-state index is 0.491. The van der Waals surface area contributed by atoms with Crippen molar-refractivity contribution in [3.63, 3.8) is 0 Å². The lowest BCUT2D eigenvalue weighted by atomic mass is 10.0. The molecule has 0 saturated carbocycles. The van der Waals surface area contributed by atoms with Gasteiger partial charge < -0.3 is 9.80 Å². The molecule has 5 rings (SSSR count). The Hall–Kier alpha value is -3.18. The lowest BCUT2D eigenvalue weighted by molar-refractivity contribution is 0.946. The van der Waals surface area contributed by atoms with Crippen molar-refractivity contribution in [3.05, 3.63) is 72.4 Å². The maximum absolute atomic E-state index is 5.97. The van der Waals surface area contributed by atoms with E-state index in [0.29, 0.717) is 5.15 Å². The van der Waals surface area contributed by atoms with E-state index in [4.69, 9.17) is 11.6 Å². The van der Waals surface area contributed by atoms with Crippen molar-refractivity contribution in [3.8, 4) is 11.1 Å². The summed E-state index contributed by atoms with van der Waals surface area (Å²) in [6.07, 6.45) is 7.41. The van der Waals surface area contributed by atoms with Gasteiger partial charge >= 0.3 is 0 Å². The second-order valence-electron chi connectivity index (χ2n) is 6.57. The summed E-state index contributed by atoms with van der Waals surface area (Å²) >= 11 is 5.97. The molecule has 27 heavy (non-hydrogen) atoms. The Balaban J connectivity index is 1.72. The van der Waals surface area contributed by atoms with Crippen molar-refractivity contribution in [1.82, 2.24) is 15.0 Å². The first-order valence-electron chi connectivity index (χ1n) is 8.64. The van der Waals surface area contributed by atoms with Gasteiger partial charge in [-0.15, -0.1) is 0 Å². The second-order valence-corrected chi connectivity index (χ2v) is 6.96. The molecule has 4 aromatic rings. The van der Waals surface area contributed by atoms with E-state index in [2.05, 4.69) is 56.1 Å². The molecule has 0 saturated heterocycles. The summed E-state index contributed by atoms with van der Waals surface area (Å²) < 4.78 is 0. The molecule has 5 nitrogen and oxygen atoms in total. The third-order valence-corrected chi connectivity index (χ3v) is 5.10. The van der Waals surface area contributed by atoms with Crippen molar-refractivity contribution in [2.24, 2.45) is 0 Å². The van der Waals surface area contributed by atoms with E-state index in [1.165, 1.54) is 0 Å². The minimum atomic E-state index is 0.491. The molecule has 3 aromatic heterocycles. The fourth-order valence-electron chi connectivity index (χ4n) is 3.54. The highest BCUT2D eigenvalue weighted by atomic mass is 35.5. The first kappa shape index (κ1) is 16.0. The molecule has 0 radical (unpaired) electrons. The number of rotatable bonds is 2. The lowest BCUT2D eigenvalue weighted by Gasteiger charge is -2.20. The molecule has 4 heterocycles. The molecule has 0 unspecified atom stereocenters. The van der Waals surface area contributed by atoms with Crippen molar-refractivity contribution in [2.45, 2.75) is 0 Å². The number of benzene rings is 1. The monoisotopic (exact) mass is 373 g/mol. The highest BCUT2D eigenvalue weighted by Crippen LogP contribution is 2.44. The topological polar surface area (TPSA) is 45.2 Å². The molecule has 132 valence electrons. The summed E-state index contributed by atoms with van der Waals surface area (Å²) in [7, 11) is 2.07. The average molecular weight is 374 g/mol. The molecule has 0 aliphatic carbocycles. The Kier molecular flexibility index (Phi) is 3.69. The van der Waals surface area contributed by atoms with Gasteiger partial charge in [-0.2, -0.15) is 0 Å². The molecule has 6 heteroatoms. The van der Waals surface area contributed by atoms with Crippen LogP contribution >= 0.6 is 11.6 Å². The zero-order chi connectivity index (χ0) is 18.4. The number of halogens is 1. The van der Waals surface area contributed by atoms with Crippen LogP contribution < -0.4 is 9.80 Å². The first-order valence-corrected chi connectivity index (χ1v) is 9.02. The molecular formula is C21H16ClN5. The van der Waals surface area contributed by atoms with E-state index in [9.17, 15) is 0 Å². The number of anilines is 3. The highest BCUT2D eigenvalue weighted by Gasteiger charge is 2.27. The van der Waals surface area contributed by atoms with Gasteiger partial charge in [0.2, 0.25) is 0 Å². The van der Waals surface area contributed by atoms with Crippen LogP contribution in [0.2, 0.25) is 5.15 Å². The number of nitrogens with zero attached hydrogens (tertiary/aromatic N) is 5. The van der Waals surface area contributed by atoms with Crippen molar-refractivity contribution >= 4 is 39.6 Å². The van der Waals surface area contributed by atoms with E-state index in [-0.39, 0.29) is 0 Å². The van der Waals surface area contributed by atoms with Crippen molar-refractivity contribution in [1.29, 1.82) is 0 Å². The standard InChI is InChI=1S/C21H16ClN5/c1-26-13-27(16-5-7-20(22)25-11-16)21-17-9-14(15-3-2-8-23-10-15)4-6-18(17)24-12-19(21)26/h2-12H,13H2,1H3. The SMILES string of the molecule is CN1CN(c2ccc(Cl)nc2)c2c1cnc1ccc(-c3cccnc3)cc21. The molecule has 1 aliphatic heterocycles. The molecule has 0 amide bonds. The first-order chi connectivity index (χ1) is 13.2. The Labute approximate surface area is 161 Å². The number of pyridine rings is 3. The van der Waals surface area contributed by atoms with Crippen LogP contribution in [-0.4, -0.2) is 28.7 Å². The molecule has 0 N–H and O–H groups in total. The second kappa shape index (κ2) is 6.21. The molecule has 1 aliphatic rings. The van der Waals surface area contributed by atoms with Crippen LogP contribution in [-0.2, 0) is 0 Å². The smallest absolute Gasteiger partial charge is 0.129 e. The van der Waals surface area contributed by atoms with Crippen LogP contribution in [0, 0.1) is 0 Å². The minimum Gasteiger partial charge on any atom is -0.354 e. The van der Waals surface area contributed by atoms with Gasteiger partial charge in [-0.05, 0) is 35.9 Å². The van der Waals surface area contributed by atoms with Gasteiger partial charge in [0.15, 0.2) is 0 Å². The quantitative estimate of drug-likeness (QED) is 0.468. The van der Waals surface area contributed by atoms with Crippen LogP contribution in [0.4, 0.5) is 17.1 Å². The van der Waals surface area contributed by atoms with E-state index in [1.54, 1.807) is 6.20 Å². The number of fused-ring (bicyclic) bond motifs is 3. The maximum atomic E-state index is 5.97. The van der Waals surface area contributed by atoms with Gasteiger partial charge in [0.1, 0.15) is 5.15 Å². The van der Waals surface area contributed by atoms with Crippen LogP contribution in [0.25, 0.3) is 22.0 Å². The molecule has 0 spiro atoms. The third-order valence-electron chi connectivity index (χ3n) is 4.87. The van der Waals surface area contributed by atoms with Crippen molar-refractivity contribution < 1.29 is 0 Å². The van der Waals surface area contributed by atoms with Crippen LogP contribution in [0.15, 0.2) is 67.3 Å². The molecule has 0 bridgehead atoms. The van der Waals surface area contributed by atoms with Crippen LogP contribution in [0.5, 0.6) is 0 Å². The van der Waals surface area contributed by atoms with Crippen LogP contribution in [0.1, 0.15) is 0 Å². The summed E-state index contributed by atoms with van der Waals surface area (Å²) in [5.41, 5.74) is 6.41.